The van der Waals surface area contributed by atoms with Crippen molar-refractivity contribution in [2.24, 2.45) is 0 Å². The number of aromatic nitrogens is 3. The molecule has 1 heterocycles. The smallest absolute Gasteiger partial charge is 0.0967 e. The molecular formula is C14H18BrN3. The molecule has 4 heteroatoms. The highest BCUT2D eigenvalue weighted by molar-refractivity contribution is 9.09. The fourth-order valence-electron chi connectivity index (χ4n) is 1.78. The van der Waals surface area contributed by atoms with Crippen LogP contribution in [0.3, 0.4) is 0 Å². The van der Waals surface area contributed by atoms with Gasteiger partial charge in [0.2, 0.25) is 0 Å². The van der Waals surface area contributed by atoms with Crippen LogP contribution in [0, 0.1) is 0 Å². The summed E-state index contributed by atoms with van der Waals surface area (Å²) in [6.07, 6.45) is 2.99. The van der Waals surface area contributed by atoms with Gasteiger partial charge in [0.05, 0.1) is 22.4 Å². The minimum absolute atomic E-state index is 0.277. The van der Waals surface area contributed by atoms with Crippen molar-refractivity contribution in [1.82, 2.24) is 15.0 Å². The number of benzene rings is 1. The fourth-order valence-corrected chi connectivity index (χ4v) is 1.99. The van der Waals surface area contributed by atoms with Crippen molar-refractivity contribution in [3.05, 3.63) is 41.7 Å². The van der Waals surface area contributed by atoms with Crippen LogP contribution in [0.1, 0.15) is 49.2 Å². The molecule has 1 aromatic carbocycles. The van der Waals surface area contributed by atoms with Crippen molar-refractivity contribution in [2.45, 2.75) is 37.9 Å². The Labute approximate surface area is 116 Å². The first-order valence-electron chi connectivity index (χ1n) is 6.28. The Kier molecular flexibility index (Phi) is 4.17. The molecule has 0 saturated carbocycles. The van der Waals surface area contributed by atoms with Crippen LogP contribution in [0.4, 0.5) is 0 Å². The Hall–Kier alpha value is -1.16. The molecule has 0 fully saturated rings. The van der Waals surface area contributed by atoms with E-state index in [1.807, 2.05) is 10.9 Å². The third-order valence-electron chi connectivity index (χ3n) is 2.99. The standard InChI is InChI=1S/C14H18BrN3/c1-4-13(15)14-9-18(17-16-14)12-7-5-6-11(8-12)10(2)3/h5-10,13H,4H2,1-3H3. The first-order chi connectivity index (χ1) is 8.61. The normalized spacial score (nSPS) is 12.9. The van der Waals surface area contributed by atoms with Crippen LogP contribution in [-0.2, 0) is 0 Å². The zero-order chi connectivity index (χ0) is 13.1. The molecular weight excluding hydrogens is 290 g/mol. The van der Waals surface area contributed by atoms with E-state index in [1.54, 1.807) is 0 Å². The maximum Gasteiger partial charge on any atom is 0.0967 e. The SMILES string of the molecule is CCC(Br)c1cn(-c2cccc(C(C)C)c2)nn1. The average Bonchev–Trinajstić information content (AvgIpc) is 2.87. The summed E-state index contributed by atoms with van der Waals surface area (Å²) in [5.41, 5.74) is 3.36. The summed E-state index contributed by atoms with van der Waals surface area (Å²) in [6.45, 7) is 6.51. The van der Waals surface area contributed by atoms with Gasteiger partial charge >= 0.3 is 0 Å². The zero-order valence-corrected chi connectivity index (χ0v) is 12.6. The lowest BCUT2D eigenvalue weighted by atomic mass is 10.0. The van der Waals surface area contributed by atoms with E-state index < -0.39 is 0 Å². The monoisotopic (exact) mass is 307 g/mol. The van der Waals surface area contributed by atoms with E-state index in [4.69, 9.17) is 0 Å². The van der Waals surface area contributed by atoms with Crippen LogP contribution < -0.4 is 0 Å². The number of halogens is 1. The minimum Gasteiger partial charge on any atom is -0.220 e. The first kappa shape index (κ1) is 13.3. The van der Waals surface area contributed by atoms with Crippen molar-refractivity contribution in [2.75, 3.05) is 0 Å². The summed E-state index contributed by atoms with van der Waals surface area (Å²) in [7, 11) is 0. The summed E-state index contributed by atoms with van der Waals surface area (Å²) in [6, 6.07) is 8.43. The van der Waals surface area contributed by atoms with Crippen LogP contribution >= 0.6 is 15.9 Å². The Morgan fingerprint density at radius 1 is 1.33 bits per heavy atom. The largest absolute Gasteiger partial charge is 0.220 e. The molecule has 0 aliphatic carbocycles. The van der Waals surface area contributed by atoms with E-state index >= 15 is 0 Å². The van der Waals surface area contributed by atoms with Crippen molar-refractivity contribution in [1.29, 1.82) is 0 Å². The molecule has 2 aromatic rings. The fraction of sp³-hybridized carbons (Fsp3) is 0.429. The first-order valence-corrected chi connectivity index (χ1v) is 7.20. The molecule has 0 bridgehead atoms. The summed E-state index contributed by atoms with van der Waals surface area (Å²) < 4.78 is 1.84. The number of hydrogen-bond acceptors (Lipinski definition) is 2. The van der Waals surface area contributed by atoms with Gasteiger partial charge in [0.25, 0.3) is 0 Å². The van der Waals surface area contributed by atoms with Gasteiger partial charge in [-0.2, -0.15) is 0 Å². The molecule has 1 atom stereocenters. The molecule has 0 amide bonds. The van der Waals surface area contributed by atoms with Gasteiger partial charge in [-0.3, -0.25) is 0 Å². The van der Waals surface area contributed by atoms with Crippen molar-refractivity contribution < 1.29 is 0 Å². The second kappa shape index (κ2) is 5.65. The summed E-state index contributed by atoms with van der Waals surface area (Å²) in [4.78, 5) is 0.277. The minimum atomic E-state index is 0.277. The predicted molar refractivity (Wildman–Crippen MR) is 77.4 cm³/mol. The van der Waals surface area contributed by atoms with E-state index in [9.17, 15) is 0 Å². The lowest BCUT2D eigenvalue weighted by molar-refractivity contribution is 0.785. The molecule has 96 valence electrons. The average molecular weight is 308 g/mol. The zero-order valence-electron chi connectivity index (χ0n) is 11.0. The maximum atomic E-state index is 4.20. The summed E-state index contributed by atoms with van der Waals surface area (Å²) >= 11 is 3.59. The lowest BCUT2D eigenvalue weighted by Crippen LogP contribution is -1.97. The van der Waals surface area contributed by atoms with Crippen LogP contribution in [-0.4, -0.2) is 15.0 Å². The lowest BCUT2D eigenvalue weighted by Gasteiger charge is -2.07. The number of nitrogens with zero attached hydrogens (tertiary/aromatic N) is 3. The highest BCUT2D eigenvalue weighted by atomic mass is 79.9. The molecule has 0 spiro atoms. The Morgan fingerprint density at radius 3 is 2.78 bits per heavy atom. The van der Waals surface area contributed by atoms with Gasteiger partial charge in [0, 0.05) is 0 Å². The number of hydrogen-bond donors (Lipinski definition) is 0. The maximum absolute atomic E-state index is 4.20. The Morgan fingerprint density at radius 2 is 2.11 bits per heavy atom. The second-order valence-electron chi connectivity index (χ2n) is 4.71. The number of rotatable bonds is 4. The van der Waals surface area contributed by atoms with E-state index in [1.165, 1.54) is 5.56 Å². The van der Waals surface area contributed by atoms with Crippen molar-refractivity contribution in [3.63, 3.8) is 0 Å². The highest BCUT2D eigenvalue weighted by Gasteiger charge is 2.10. The molecule has 2 rings (SSSR count). The molecule has 18 heavy (non-hydrogen) atoms. The van der Waals surface area contributed by atoms with E-state index in [0.29, 0.717) is 5.92 Å². The van der Waals surface area contributed by atoms with Crippen LogP contribution in [0.5, 0.6) is 0 Å². The summed E-state index contributed by atoms with van der Waals surface area (Å²) in [5, 5.41) is 8.40. The summed E-state index contributed by atoms with van der Waals surface area (Å²) in [5.74, 6) is 0.521. The molecule has 0 N–H and O–H groups in total. The second-order valence-corrected chi connectivity index (χ2v) is 5.82. The van der Waals surface area contributed by atoms with Crippen LogP contribution in [0.15, 0.2) is 30.5 Å². The van der Waals surface area contributed by atoms with Gasteiger partial charge < -0.3 is 0 Å². The van der Waals surface area contributed by atoms with E-state index in [2.05, 4.69) is 71.3 Å². The highest BCUT2D eigenvalue weighted by Crippen LogP contribution is 2.24. The number of alkyl halides is 1. The van der Waals surface area contributed by atoms with Gasteiger partial charge in [0.15, 0.2) is 0 Å². The van der Waals surface area contributed by atoms with Gasteiger partial charge in [-0.1, -0.05) is 54.0 Å². The van der Waals surface area contributed by atoms with Crippen LogP contribution in [0.2, 0.25) is 0 Å². The van der Waals surface area contributed by atoms with Crippen molar-refractivity contribution >= 4 is 15.9 Å². The molecule has 3 nitrogen and oxygen atoms in total. The van der Waals surface area contributed by atoms with Crippen molar-refractivity contribution in [3.8, 4) is 5.69 Å². The molecule has 1 unspecified atom stereocenters. The predicted octanol–water partition coefficient (Wildman–Crippen LogP) is 4.24. The van der Waals surface area contributed by atoms with Gasteiger partial charge in [-0.15, -0.1) is 5.10 Å². The molecule has 1 aromatic heterocycles. The van der Waals surface area contributed by atoms with E-state index in [-0.39, 0.29) is 4.83 Å². The third-order valence-corrected chi connectivity index (χ3v) is 4.11. The quantitative estimate of drug-likeness (QED) is 0.791. The van der Waals surface area contributed by atoms with E-state index in [0.717, 1.165) is 17.8 Å². The van der Waals surface area contributed by atoms with Gasteiger partial charge in [0.1, 0.15) is 0 Å². The molecule has 0 radical (unpaired) electrons. The Balaban J connectivity index is 2.31. The topological polar surface area (TPSA) is 30.7 Å². The van der Waals surface area contributed by atoms with Gasteiger partial charge in [-0.25, -0.2) is 4.68 Å². The molecule has 0 saturated heterocycles. The molecule has 0 aliphatic rings. The molecule has 0 aliphatic heterocycles. The van der Waals surface area contributed by atoms with Gasteiger partial charge in [-0.05, 0) is 30.0 Å². The Bertz CT molecular complexity index is 519. The van der Waals surface area contributed by atoms with Crippen LogP contribution in [0.25, 0.3) is 5.69 Å². The third kappa shape index (κ3) is 2.80.